The third-order valence-corrected chi connectivity index (χ3v) is 25.4. The van der Waals surface area contributed by atoms with Crippen molar-refractivity contribution in [1.82, 2.24) is 29.1 Å². The van der Waals surface area contributed by atoms with Crippen LogP contribution in [0, 0.1) is 11.3 Å². The molecule has 0 radical (unpaired) electrons. The van der Waals surface area contributed by atoms with E-state index >= 15 is 0 Å². The minimum absolute atomic E-state index is 0. The van der Waals surface area contributed by atoms with Crippen LogP contribution in [0.5, 0.6) is 23.0 Å². The number of hydrogen-bond donors (Lipinski definition) is 8. The molecule has 5 heterocycles. The summed E-state index contributed by atoms with van der Waals surface area (Å²) >= 11 is 9.39. The first-order valence-electron chi connectivity index (χ1n) is 41.8. The second kappa shape index (κ2) is 48.1. The highest BCUT2D eigenvalue weighted by atomic mass is 79.9. The summed E-state index contributed by atoms with van der Waals surface area (Å²) in [5, 5.41) is 52.6. The summed E-state index contributed by atoms with van der Waals surface area (Å²) < 4.78 is 70.8. The molecule has 0 amide bonds. The summed E-state index contributed by atoms with van der Waals surface area (Å²) in [5.74, 6) is 2.79. The number of nitrogens with one attached hydrogen (secondary N) is 3. The van der Waals surface area contributed by atoms with Crippen LogP contribution in [0.2, 0.25) is 0 Å². The molecule has 3 fully saturated rings. The number of methoxy groups -OCH3 is 4. The standard InChI is InChI=1S/C46H52BN3O9.C33H35N3O7.C9H18ClN2OP.C7H8BBrO2.CH4/c1-44(2)45(3,4)59-47(58-44)38-17-11-10-13-31(38)28-48-26-12-14-32-29-50(43(53)49-42(32)52)41-27-39(51)40(57-41)30-56-46(33-15-8-7-9-16-33,34-18-22-36(54-5)23-19-34)35-20-24-37(55-6)25-21-35;1-40-26-14-10-24(11-15-26)33(23-8-4-3-5-9-23,25-12-16-27(41-2)17-13-25)42-21-29-28(37)19-30(43-29)36-20-22(7-6-18-34)31(38)35-32(36)39;1-8(2)12(9(3)4)14(10)13-7-5-6-11;9-5-6-3-1-2-4-7(6)8(10)11;/h7-25,29,39-41,48,51H,26-28,30H2,1-6H3,(H,49,52,53);3-17,20,28-30,37H,18-19,21,34H2,1-2H3,(H,35,38,39);8-9H,5,7H2,1-4H3;1-4,10-11H,5H2;1H4/b14-12+;7-6+;;;/t39?,40-,41-;28?,29-,30-;;;/m11.../s1. The largest absolute Gasteiger partial charge is 0.497 e. The van der Waals surface area contributed by atoms with Crippen molar-refractivity contribution < 1.29 is 72.0 Å². The van der Waals surface area contributed by atoms with Gasteiger partial charge in [-0.1, -0.05) is 205 Å². The second-order valence-corrected chi connectivity index (χ2v) is 34.3. The molecule has 128 heavy (non-hydrogen) atoms. The third-order valence-electron chi connectivity index (χ3n) is 22.3. The van der Waals surface area contributed by atoms with Gasteiger partial charge in [0.1, 0.15) is 58.9 Å². The van der Waals surface area contributed by atoms with Gasteiger partial charge in [-0.15, -0.1) is 0 Å². The van der Waals surface area contributed by atoms with E-state index in [0.717, 1.165) is 50.0 Å². The van der Waals surface area contributed by atoms with Crippen molar-refractivity contribution in [2.45, 2.75) is 165 Å². The number of aromatic amines is 2. The van der Waals surface area contributed by atoms with Crippen molar-refractivity contribution in [3.05, 3.63) is 328 Å². The second-order valence-electron chi connectivity index (χ2n) is 31.7. The first-order valence-corrected chi connectivity index (χ1v) is 45.0. The Morgan fingerprint density at radius 3 is 1.34 bits per heavy atom. The normalized spacial score (nSPS) is 17.8. The van der Waals surface area contributed by atoms with E-state index in [4.69, 9.17) is 84.0 Å². The van der Waals surface area contributed by atoms with Crippen LogP contribution in [-0.4, -0.2) is 167 Å². The Hall–Kier alpha value is -9.94. The number of aliphatic hydroxyl groups excluding tert-OH is 2. The summed E-state index contributed by atoms with van der Waals surface area (Å²) in [7, 11) is 3.52. The van der Waals surface area contributed by atoms with E-state index < -0.39 is 104 Å². The molecule has 3 unspecified atom stereocenters. The molecule has 3 saturated heterocycles. The van der Waals surface area contributed by atoms with E-state index in [1.807, 2.05) is 234 Å². The molecular formula is C96H117B2BrClN8O19P. The van der Waals surface area contributed by atoms with Crippen molar-refractivity contribution in [1.29, 1.82) is 5.26 Å². The zero-order valence-corrected chi connectivity index (χ0v) is 76.7. The van der Waals surface area contributed by atoms with Gasteiger partial charge in [-0.2, -0.15) is 5.26 Å². The molecule has 32 heteroatoms. The van der Waals surface area contributed by atoms with Crippen molar-refractivity contribution in [2.75, 3.05) is 61.3 Å². The molecule has 0 aliphatic carbocycles. The van der Waals surface area contributed by atoms with Crippen LogP contribution in [-0.2, 0) is 55.9 Å². The predicted molar refractivity (Wildman–Crippen MR) is 506 cm³/mol. The summed E-state index contributed by atoms with van der Waals surface area (Å²) in [6.07, 6.45) is 4.99. The fourth-order valence-corrected chi connectivity index (χ4v) is 17.8. The maximum atomic E-state index is 13.2. The van der Waals surface area contributed by atoms with Gasteiger partial charge in [-0.3, -0.25) is 28.7 Å². The number of aliphatic hydroxyl groups is 2. The summed E-state index contributed by atoms with van der Waals surface area (Å²) in [6, 6.07) is 68.1. The predicted octanol–water partition coefficient (Wildman–Crippen LogP) is 12.9. The molecule has 0 saturated carbocycles. The van der Waals surface area contributed by atoms with Crippen LogP contribution in [0.4, 0.5) is 0 Å². The van der Waals surface area contributed by atoms with E-state index in [2.05, 4.69) is 63.6 Å². The van der Waals surface area contributed by atoms with Crippen LogP contribution in [0.3, 0.4) is 0 Å². The number of H-pyrrole nitrogens is 2. The van der Waals surface area contributed by atoms with Gasteiger partial charge in [0.25, 0.3) is 11.1 Å². The molecular weight excluding hydrogens is 1740 g/mol. The Kier molecular flexibility index (Phi) is 38.3. The Labute approximate surface area is 763 Å². The lowest BCUT2D eigenvalue weighted by Gasteiger charge is -2.37. The number of nitriles is 1. The molecule has 27 nitrogen and oxygen atoms in total. The molecule has 9 N–H and O–H groups in total. The monoisotopic (exact) mass is 1850 g/mol. The van der Waals surface area contributed by atoms with Gasteiger partial charge in [-0.25, -0.2) is 14.3 Å². The maximum Gasteiger partial charge on any atom is 0.495 e. The number of ether oxygens (including phenoxy) is 8. The van der Waals surface area contributed by atoms with Crippen LogP contribution >= 0.6 is 34.8 Å². The number of alkyl halides is 1. The summed E-state index contributed by atoms with van der Waals surface area (Å²) in [4.78, 5) is 55.7. The number of halogens is 2. The van der Waals surface area contributed by atoms with E-state index in [9.17, 15) is 29.4 Å². The minimum Gasteiger partial charge on any atom is -0.497 e. The topological polar surface area (TPSA) is 357 Å². The zero-order valence-electron chi connectivity index (χ0n) is 73.4. The maximum absolute atomic E-state index is 13.2. The molecule has 10 aromatic rings. The number of nitrogens with two attached hydrogens (primary N) is 1. The quantitative estimate of drug-likeness (QED) is 0.00610. The molecule has 8 aromatic carbocycles. The minimum atomic E-state index is -1.37. The van der Waals surface area contributed by atoms with Crippen molar-refractivity contribution in [3.63, 3.8) is 0 Å². The Morgan fingerprint density at radius 2 is 0.977 bits per heavy atom. The lowest BCUT2D eigenvalue weighted by atomic mass is 9.76. The van der Waals surface area contributed by atoms with E-state index in [1.165, 1.54) is 21.5 Å². The molecule has 3 aliphatic heterocycles. The number of hydrogen-bond acceptors (Lipinski definition) is 23. The molecule has 13 rings (SSSR count). The van der Waals surface area contributed by atoms with Crippen LogP contribution in [0.25, 0.3) is 12.2 Å². The first kappa shape index (κ1) is 102. The SMILES string of the molecule is C.CC(C)N(C(C)C)P(Cl)OCCC#N.COc1ccc(C(OC[C@H]2O[C@@H](n3cc(/C=C/CN)c(=O)[nH]c3=O)CC2O)(c2ccccc2)c2ccc(OC)cc2)cc1.COc1ccc(C(OC[C@H]2O[C@@H](n3cc(/C=C/CNCc4ccccc4B4OC(C)(C)C(C)(C)O4)c(=O)[nH]c3=O)CC2O)(c2ccccc2)c2ccc(OC)cc2)cc1.OB(O)c1ccccc1CBr. The van der Waals surface area contributed by atoms with Gasteiger partial charge in [0.15, 0.2) is 0 Å². The molecule has 680 valence electrons. The average molecular weight is 1850 g/mol. The van der Waals surface area contributed by atoms with Gasteiger partial charge in [0, 0.05) is 62.3 Å². The van der Waals surface area contributed by atoms with Crippen LogP contribution < -0.4 is 63.4 Å². The van der Waals surface area contributed by atoms with Crippen LogP contribution in [0.1, 0.15) is 150 Å². The highest BCUT2D eigenvalue weighted by Crippen LogP contribution is 2.50. The number of benzene rings is 8. The Morgan fingerprint density at radius 1 is 0.602 bits per heavy atom. The fraction of sp³-hybridized carbons (Fsp3) is 0.365. The number of rotatable bonds is 34. The zero-order chi connectivity index (χ0) is 91.6. The van der Waals surface area contributed by atoms with E-state index in [1.54, 1.807) is 58.8 Å². The van der Waals surface area contributed by atoms with Gasteiger partial charge in [-0.05, 0) is 171 Å². The molecule has 3 aliphatic rings. The van der Waals surface area contributed by atoms with Gasteiger partial charge in [0.2, 0.25) is 7.65 Å². The van der Waals surface area contributed by atoms with Crippen molar-refractivity contribution in [3.8, 4) is 29.1 Å². The Bertz CT molecular complexity index is 5380. The number of nitrogens with zero attached hydrogens (tertiary/aromatic N) is 4. The molecule has 2 aromatic heterocycles. The summed E-state index contributed by atoms with van der Waals surface area (Å²) in [6.45, 7) is 18.1. The van der Waals surface area contributed by atoms with Gasteiger partial charge >= 0.3 is 25.6 Å². The third kappa shape index (κ3) is 25.4. The highest BCUT2D eigenvalue weighted by Gasteiger charge is 2.52. The molecule has 0 bridgehead atoms. The van der Waals surface area contributed by atoms with E-state index in [0.29, 0.717) is 72.0 Å². The first-order chi connectivity index (χ1) is 61.0. The van der Waals surface area contributed by atoms with Crippen LogP contribution in [0.15, 0.2) is 250 Å². The molecule has 7 atom stereocenters. The van der Waals surface area contributed by atoms with Crippen molar-refractivity contribution >= 4 is 72.1 Å². The summed E-state index contributed by atoms with van der Waals surface area (Å²) in [5.41, 5.74) is 9.08. The average Bonchev–Trinajstić information content (AvgIpc) is 0.974. The molecule has 0 spiro atoms. The van der Waals surface area contributed by atoms with Crippen molar-refractivity contribution in [2.24, 2.45) is 5.73 Å². The highest BCUT2D eigenvalue weighted by molar-refractivity contribution is 9.08. The Balaban J connectivity index is 0.000000232. The fourth-order valence-electron chi connectivity index (χ4n) is 15.0. The van der Waals surface area contributed by atoms with Gasteiger partial charge in [0.05, 0.1) is 95.3 Å². The number of aromatic nitrogens is 4. The lowest BCUT2D eigenvalue weighted by Crippen LogP contribution is -2.41. The van der Waals surface area contributed by atoms with E-state index in [-0.39, 0.29) is 51.2 Å². The smallest absolute Gasteiger partial charge is 0.495 e. The lowest BCUT2D eigenvalue weighted by molar-refractivity contribution is -0.0944. The van der Waals surface area contributed by atoms with Gasteiger partial charge < -0.3 is 83.0 Å².